The molecule has 0 fully saturated rings. The molecule has 2 heterocycles. The SMILES string of the molecule is CCN(CCN(C)C)c1cccc(Nc2nc(-c3cccc4c3ccn4C)cn(C)c2=O)c1. The Labute approximate surface area is 194 Å². The van der Waals surface area contributed by atoms with Gasteiger partial charge in [0.05, 0.1) is 5.69 Å². The summed E-state index contributed by atoms with van der Waals surface area (Å²) in [7, 11) is 7.95. The highest BCUT2D eigenvalue weighted by Gasteiger charge is 2.13. The summed E-state index contributed by atoms with van der Waals surface area (Å²) >= 11 is 0. The summed E-state index contributed by atoms with van der Waals surface area (Å²) in [6, 6.07) is 16.4. The van der Waals surface area contributed by atoms with Crippen LogP contribution in [0.4, 0.5) is 17.2 Å². The maximum atomic E-state index is 12.9. The third-order valence-electron chi connectivity index (χ3n) is 5.95. The molecule has 0 unspecified atom stereocenters. The Kier molecular flexibility index (Phi) is 6.51. The zero-order valence-corrected chi connectivity index (χ0v) is 20.0. The van der Waals surface area contributed by atoms with Crippen LogP contribution in [-0.4, -0.2) is 52.7 Å². The Morgan fingerprint density at radius 1 is 1.00 bits per heavy atom. The number of hydrogen-bond donors (Lipinski definition) is 1. The summed E-state index contributed by atoms with van der Waals surface area (Å²) in [4.78, 5) is 22.1. The number of hydrogen-bond acceptors (Lipinski definition) is 5. The van der Waals surface area contributed by atoms with E-state index in [-0.39, 0.29) is 5.56 Å². The van der Waals surface area contributed by atoms with E-state index in [4.69, 9.17) is 4.98 Å². The van der Waals surface area contributed by atoms with Gasteiger partial charge in [0.1, 0.15) is 0 Å². The second kappa shape index (κ2) is 9.50. The Morgan fingerprint density at radius 3 is 2.55 bits per heavy atom. The van der Waals surface area contributed by atoms with Gasteiger partial charge in [-0.2, -0.15) is 0 Å². The molecule has 0 saturated carbocycles. The van der Waals surface area contributed by atoms with E-state index in [1.54, 1.807) is 17.8 Å². The number of nitrogens with one attached hydrogen (secondary N) is 1. The van der Waals surface area contributed by atoms with Gasteiger partial charge in [0.2, 0.25) is 0 Å². The molecule has 2 aromatic carbocycles. The van der Waals surface area contributed by atoms with Crippen LogP contribution < -0.4 is 15.8 Å². The molecular formula is C26H32N6O. The first-order valence-corrected chi connectivity index (χ1v) is 11.3. The quantitative estimate of drug-likeness (QED) is 0.444. The molecule has 172 valence electrons. The van der Waals surface area contributed by atoms with Crippen molar-refractivity contribution in [1.29, 1.82) is 0 Å². The van der Waals surface area contributed by atoms with E-state index in [1.165, 1.54) is 0 Å². The molecule has 33 heavy (non-hydrogen) atoms. The van der Waals surface area contributed by atoms with E-state index >= 15 is 0 Å². The van der Waals surface area contributed by atoms with E-state index < -0.39 is 0 Å². The summed E-state index contributed by atoms with van der Waals surface area (Å²) in [6.45, 7) is 4.97. The molecule has 4 rings (SSSR count). The lowest BCUT2D eigenvalue weighted by Gasteiger charge is -2.25. The molecule has 7 nitrogen and oxygen atoms in total. The highest BCUT2D eigenvalue weighted by atomic mass is 16.1. The normalized spacial score (nSPS) is 11.3. The van der Waals surface area contributed by atoms with Gasteiger partial charge in [0, 0.05) is 74.0 Å². The zero-order chi connectivity index (χ0) is 23.5. The van der Waals surface area contributed by atoms with Crippen molar-refractivity contribution in [3.63, 3.8) is 0 Å². The first-order valence-electron chi connectivity index (χ1n) is 11.3. The first kappa shape index (κ1) is 22.6. The summed E-state index contributed by atoms with van der Waals surface area (Å²) < 4.78 is 3.67. The molecule has 4 aromatic rings. The number of nitrogens with zero attached hydrogens (tertiary/aromatic N) is 5. The van der Waals surface area contributed by atoms with E-state index in [1.807, 2.05) is 37.5 Å². The van der Waals surface area contributed by atoms with Crippen molar-refractivity contribution in [1.82, 2.24) is 19.0 Å². The van der Waals surface area contributed by atoms with Crippen LogP contribution in [0.3, 0.4) is 0 Å². The molecular weight excluding hydrogens is 412 g/mol. The number of anilines is 3. The van der Waals surface area contributed by atoms with Crippen LogP contribution in [0.1, 0.15) is 6.92 Å². The third-order valence-corrected chi connectivity index (χ3v) is 5.95. The molecule has 7 heteroatoms. The number of likely N-dealkylation sites (N-methyl/N-ethyl adjacent to an activating group) is 2. The second-order valence-electron chi connectivity index (χ2n) is 8.61. The van der Waals surface area contributed by atoms with Crippen molar-refractivity contribution in [2.75, 3.05) is 43.9 Å². The van der Waals surface area contributed by atoms with Gasteiger partial charge in [-0.25, -0.2) is 4.98 Å². The van der Waals surface area contributed by atoms with Crippen LogP contribution in [0, 0.1) is 0 Å². The summed E-state index contributed by atoms with van der Waals surface area (Å²) in [6.07, 6.45) is 3.84. The lowest BCUT2D eigenvalue weighted by molar-refractivity contribution is 0.414. The van der Waals surface area contributed by atoms with Crippen molar-refractivity contribution in [3.8, 4) is 11.3 Å². The van der Waals surface area contributed by atoms with Gasteiger partial charge in [0.25, 0.3) is 5.56 Å². The minimum absolute atomic E-state index is 0.163. The van der Waals surface area contributed by atoms with E-state index in [0.717, 1.165) is 53.2 Å². The fourth-order valence-electron chi connectivity index (χ4n) is 4.05. The van der Waals surface area contributed by atoms with Crippen molar-refractivity contribution in [2.45, 2.75) is 6.92 Å². The van der Waals surface area contributed by atoms with Gasteiger partial charge < -0.3 is 24.3 Å². The topological polar surface area (TPSA) is 58.3 Å². The lowest BCUT2D eigenvalue weighted by atomic mass is 10.1. The van der Waals surface area contributed by atoms with Gasteiger partial charge in [0.15, 0.2) is 5.82 Å². The van der Waals surface area contributed by atoms with Crippen molar-refractivity contribution in [2.24, 2.45) is 14.1 Å². The third kappa shape index (κ3) is 4.78. The van der Waals surface area contributed by atoms with Gasteiger partial charge in [-0.1, -0.05) is 18.2 Å². The predicted octanol–water partition coefficient (Wildman–Crippen LogP) is 4.07. The van der Waals surface area contributed by atoms with Gasteiger partial charge in [-0.05, 0) is 51.4 Å². The Balaban J connectivity index is 1.68. The second-order valence-corrected chi connectivity index (χ2v) is 8.61. The summed E-state index contributed by atoms with van der Waals surface area (Å²) in [5, 5.41) is 4.38. The van der Waals surface area contributed by atoms with E-state index in [2.05, 4.69) is 65.0 Å². The van der Waals surface area contributed by atoms with Crippen molar-refractivity contribution in [3.05, 3.63) is 71.3 Å². The molecule has 2 aromatic heterocycles. The van der Waals surface area contributed by atoms with Crippen LogP contribution in [0.2, 0.25) is 0 Å². The zero-order valence-electron chi connectivity index (χ0n) is 20.0. The smallest absolute Gasteiger partial charge is 0.293 e. The molecule has 0 amide bonds. The van der Waals surface area contributed by atoms with Crippen LogP contribution in [0.25, 0.3) is 22.2 Å². The lowest BCUT2D eigenvalue weighted by Crippen LogP contribution is -2.31. The summed E-state index contributed by atoms with van der Waals surface area (Å²) in [5.41, 5.74) is 4.68. The standard InChI is InChI=1S/C26H32N6O/c1-6-32(16-15-29(2)3)20-10-7-9-19(17-20)27-25-26(33)31(5)18-23(28-25)21-11-8-12-24-22(21)13-14-30(24)4/h7-14,17-18H,6,15-16H2,1-5H3,(H,27,28). The molecule has 0 radical (unpaired) electrons. The minimum Gasteiger partial charge on any atom is -0.370 e. The van der Waals surface area contributed by atoms with Crippen LogP contribution in [0.5, 0.6) is 0 Å². The highest BCUT2D eigenvalue weighted by Crippen LogP contribution is 2.28. The van der Waals surface area contributed by atoms with Crippen LogP contribution in [-0.2, 0) is 14.1 Å². The number of rotatable bonds is 8. The number of aryl methyl sites for hydroxylation is 2. The molecule has 0 spiro atoms. The molecule has 0 bridgehead atoms. The Bertz CT molecular complexity index is 1320. The maximum absolute atomic E-state index is 12.9. The maximum Gasteiger partial charge on any atom is 0.293 e. The molecule has 0 saturated heterocycles. The molecule has 1 N–H and O–H groups in total. The molecule has 0 aliphatic rings. The number of aromatic nitrogens is 3. The van der Waals surface area contributed by atoms with Crippen LogP contribution >= 0.6 is 0 Å². The first-order chi connectivity index (χ1) is 15.9. The molecule has 0 aliphatic carbocycles. The van der Waals surface area contributed by atoms with Crippen molar-refractivity contribution < 1.29 is 0 Å². The predicted molar refractivity (Wildman–Crippen MR) is 138 cm³/mol. The average Bonchev–Trinajstić information content (AvgIpc) is 3.18. The highest BCUT2D eigenvalue weighted by molar-refractivity contribution is 5.94. The minimum atomic E-state index is -0.163. The number of benzene rings is 2. The van der Waals surface area contributed by atoms with E-state index in [0.29, 0.717) is 5.82 Å². The summed E-state index contributed by atoms with van der Waals surface area (Å²) in [5.74, 6) is 0.316. The average molecular weight is 445 g/mol. The van der Waals surface area contributed by atoms with E-state index in [9.17, 15) is 4.79 Å². The Hall–Kier alpha value is -3.58. The fourth-order valence-corrected chi connectivity index (χ4v) is 4.05. The van der Waals surface area contributed by atoms with Gasteiger partial charge >= 0.3 is 0 Å². The largest absolute Gasteiger partial charge is 0.370 e. The van der Waals surface area contributed by atoms with Gasteiger partial charge in [-0.3, -0.25) is 4.79 Å². The Morgan fingerprint density at radius 2 is 1.79 bits per heavy atom. The molecule has 0 aliphatic heterocycles. The number of fused-ring (bicyclic) bond motifs is 1. The van der Waals surface area contributed by atoms with Gasteiger partial charge in [-0.15, -0.1) is 0 Å². The van der Waals surface area contributed by atoms with Crippen LogP contribution in [0.15, 0.2) is 65.7 Å². The van der Waals surface area contributed by atoms with Crippen molar-refractivity contribution >= 4 is 28.1 Å². The fraction of sp³-hybridized carbons (Fsp3) is 0.308. The molecule has 0 atom stereocenters. The monoisotopic (exact) mass is 444 g/mol.